The summed E-state index contributed by atoms with van der Waals surface area (Å²) in [7, 11) is 0. The molecule has 0 saturated carbocycles. The molecule has 11 nitrogen and oxygen atoms in total. The van der Waals surface area contributed by atoms with E-state index in [1.165, 1.54) is 13.3 Å². The number of aromatic amines is 1. The molecule has 1 aromatic heterocycles. The number of carboxylic acids is 1. The summed E-state index contributed by atoms with van der Waals surface area (Å²) in [4.78, 5) is 42.6. The van der Waals surface area contributed by atoms with Crippen molar-refractivity contribution in [3.8, 4) is 0 Å². The number of aliphatic hydroxyl groups excluding tert-OH is 1. The van der Waals surface area contributed by atoms with E-state index in [1.54, 1.807) is 6.20 Å². The third kappa shape index (κ3) is 7.72. The smallest absolute Gasteiger partial charge is 0.328 e. The molecule has 1 heterocycles. The molecule has 0 unspecified atom stereocenters. The van der Waals surface area contributed by atoms with Gasteiger partial charge in [0.15, 0.2) is 6.04 Å². The van der Waals surface area contributed by atoms with Crippen molar-refractivity contribution in [1.29, 1.82) is 0 Å². The lowest BCUT2D eigenvalue weighted by Crippen LogP contribution is -2.56. The normalized spacial score (nSPS) is 15.4. The Bertz CT molecular complexity index is 606. The molecule has 0 radical (unpaired) electrons. The lowest BCUT2D eigenvalue weighted by molar-refractivity contribution is -0.145. The first-order valence-electron chi connectivity index (χ1n) is 8.70. The maximum atomic E-state index is 12.4. The van der Waals surface area contributed by atoms with Gasteiger partial charge in [-0.2, -0.15) is 0 Å². The molecule has 4 atom stereocenters. The zero-order valence-electron chi connectivity index (χ0n) is 15.2. The summed E-state index contributed by atoms with van der Waals surface area (Å²) >= 11 is 0. The summed E-state index contributed by atoms with van der Waals surface area (Å²) in [6.07, 6.45) is 3.36. The highest BCUT2D eigenvalue weighted by Crippen LogP contribution is 2.04. The number of aliphatic carboxylic acids is 1. The second kappa shape index (κ2) is 11.3. The molecule has 0 bridgehead atoms. The molecule has 0 aliphatic carbocycles. The average Bonchev–Trinajstić information content (AvgIpc) is 3.10. The zero-order chi connectivity index (χ0) is 20.4. The van der Waals surface area contributed by atoms with Crippen molar-refractivity contribution >= 4 is 17.8 Å². The van der Waals surface area contributed by atoms with Crippen LogP contribution >= 0.6 is 0 Å². The van der Waals surface area contributed by atoms with Crippen LogP contribution in [-0.4, -0.2) is 68.7 Å². The number of nitrogens with one attached hydrogen (secondary N) is 3. The Morgan fingerprint density at radius 2 is 1.96 bits per heavy atom. The number of carboxylic acid groups (broad SMARTS) is 1. The van der Waals surface area contributed by atoms with Gasteiger partial charge in [-0.25, -0.2) is 9.78 Å². The molecule has 152 valence electrons. The minimum absolute atomic E-state index is 0.203. The van der Waals surface area contributed by atoms with Gasteiger partial charge in [-0.3, -0.25) is 9.59 Å². The van der Waals surface area contributed by atoms with Crippen molar-refractivity contribution in [3.05, 3.63) is 18.2 Å². The molecule has 11 heteroatoms. The van der Waals surface area contributed by atoms with Gasteiger partial charge < -0.3 is 37.3 Å². The van der Waals surface area contributed by atoms with Crippen LogP contribution in [0.2, 0.25) is 0 Å². The van der Waals surface area contributed by atoms with E-state index in [2.05, 4.69) is 20.6 Å². The Morgan fingerprint density at radius 1 is 1.26 bits per heavy atom. The number of imidazole rings is 1. The van der Waals surface area contributed by atoms with Gasteiger partial charge >= 0.3 is 5.97 Å². The third-order valence-electron chi connectivity index (χ3n) is 3.96. The predicted molar refractivity (Wildman–Crippen MR) is 96.4 cm³/mol. The second-order valence-corrected chi connectivity index (χ2v) is 6.30. The Kier molecular flexibility index (Phi) is 9.40. The standard InChI is InChI=1S/C16H28N6O5/c1-9(23)13(16(26)27)22-15(25)12(4-2-3-5-17)21-14(24)11(18)6-10-7-19-8-20-10/h7-9,11-13,23H,2-6,17-18H2,1H3,(H,19,20)(H,21,24)(H,22,25)(H,26,27)/t9-,11+,12+,13+/m1/s1. The van der Waals surface area contributed by atoms with Gasteiger partial charge in [0.05, 0.1) is 18.5 Å². The van der Waals surface area contributed by atoms with Crippen LogP contribution in [0.15, 0.2) is 12.5 Å². The number of nitrogens with zero attached hydrogens (tertiary/aromatic N) is 1. The fourth-order valence-corrected chi connectivity index (χ4v) is 2.41. The van der Waals surface area contributed by atoms with E-state index in [1.807, 2.05) is 0 Å². The van der Waals surface area contributed by atoms with E-state index in [9.17, 15) is 19.5 Å². The van der Waals surface area contributed by atoms with E-state index in [-0.39, 0.29) is 12.8 Å². The summed E-state index contributed by atoms with van der Waals surface area (Å²) in [5.41, 5.74) is 12.0. The van der Waals surface area contributed by atoms with E-state index < -0.39 is 42.0 Å². The van der Waals surface area contributed by atoms with Gasteiger partial charge in [-0.1, -0.05) is 0 Å². The Hall–Kier alpha value is -2.50. The summed E-state index contributed by atoms with van der Waals surface area (Å²) in [6.45, 7) is 1.68. The first kappa shape index (κ1) is 22.5. The number of nitrogens with two attached hydrogens (primary N) is 2. The fraction of sp³-hybridized carbons (Fsp3) is 0.625. The number of carbonyl (C=O) groups is 3. The Balaban J connectivity index is 2.74. The minimum atomic E-state index is -1.48. The van der Waals surface area contributed by atoms with Gasteiger partial charge in [-0.15, -0.1) is 0 Å². The number of carbonyl (C=O) groups excluding carboxylic acids is 2. The van der Waals surface area contributed by atoms with Crippen molar-refractivity contribution in [3.63, 3.8) is 0 Å². The van der Waals surface area contributed by atoms with E-state index >= 15 is 0 Å². The maximum absolute atomic E-state index is 12.4. The van der Waals surface area contributed by atoms with Crippen LogP contribution < -0.4 is 22.1 Å². The van der Waals surface area contributed by atoms with Gasteiger partial charge in [-0.05, 0) is 32.7 Å². The van der Waals surface area contributed by atoms with Crippen LogP contribution in [0.1, 0.15) is 31.9 Å². The first-order valence-corrected chi connectivity index (χ1v) is 8.70. The number of hydrogen-bond acceptors (Lipinski definition) is 7. The topological polar surface area (TPSA) is 196 Å². The van der Waals surface area contributed by atoms with Crippen LogP contribution in [0, 0.1) is 0 Å². The number of H-pyrrole nitrogens is 1. The largest absolute Gasteiger partial charge is 0.480 e. The number of aromatic nitrogens is 2. The third-order valence-corrected chi connectivity index (χ3v) is 3.96. The van der Waals surface area contributed by atoms with Crippen molar-refractivity contribution in [2.45, 2.75) is 56.8 Å². The molecule has 0 spiro atoms. The highest BCUT2D eigenvalue weighted by Gasteiger charge is 2.30. The van der Waals surface area contributed by atoms with Gasteiger partial charge in [0.1, 0.15) is 6.04 Å². The van der Waals surface area contributed by atoms with Gasteiger partial charge in [0.2, 0.25) is 11.8 Å². The fourth-order valence-electron chi connectivity index (χ4n) is 2.41. The van der Waals surface area contributed by atoms with Gasteiger partial charge in [0, 0.05) is 18.3 Å². The van der Waals surface area contributed by atoms with Crippen molar-refractivity contribution < 1.29 is 24.6 Å². The predicted octanol–water partition coefficient (Wildman–Crippen LogP) is -2.16. The molecule has 9 N–H and O–H groups in total. The molecule has 0 aliphatic rings. The van der Waals surface area contributed by atoms with Crippen LogP contribution in [0.25, 0.3) is 0 Å². The number of aliphatic hydroxyl groups is 1. The van der Waals surface area contributed by atoms with E-state index in [0.29, 0.717) is 25.1 Å². The molecule has 0 fully saturated rings. The van der Waals surface area contributed by atoms with Crippen molar-refractivity contribution in [1.82, 2.24) is 20.6 Å². The lowest BCUT2D eigenvalue weighted by atomic mass is 10.1. The molecule has 2 amide bonds. The average molecular weight is 384 g/mol. The zero-order valence-corrected chi connectivity index (χ0v) is 15.2. The summed E-state index contributed by atoms with van der Waals surface area (Å²) < 4.78 is 0. The summed E-state index contributed by atoms with van der Waals surface area (Å²) in [5.74, 6) is -2.63. The minimum Gasteiger partial charge on any atom is -0.480 e. The van der Waals surface area contributed by atoms with Crippen LogP contribution in [-0.2, 0) is 20.8 Å². The first-order chi connectivity index (χ1) is 12.8. The van der Waals surface area contributed by atoms with Gasteiger partial charge in [0.25, 0.3) is 0 Å². The molecule has 0 aromatic carbocycles. The molecule has 0 aliphatic heterocycles. The highest BCUT2D eigenvalue weighted by molar-refractivity contribution is 5.91. The van der Waals surface area contributed by atoms with Crippen LogP contribution in [0.5, 0.6) is 0 Å². The SMILES string of the molecule is C[C@@H](O)[C@H](NC(=O)[C@H](CCCCN)NC(=O)[C@@H](N)Cc1cnc[nH]1)C(=O)O. The van der Waals surface area contributed by atoms with Crippen molar-refractivity contribution in [2.24, 2.45) is 11.5 Å². The van der Waals surface area contributed by atoms with Crippen LogP contribution in [0.3, 0.4) is 0 Å². The second-order valence-electron chi connectivity index (χ2n) is 6.30. The lowest BCUT2D eigenvalue weighted by Gasteiger charge is -2.24. The number of hydrogen-bond donors (Lipinski definition) is 7. The molecular weight excluding hydrogens is 356 g/mol. The highest BCUT2D eigenvalue weighted by atomic mass is 16.4. The molecular formula is C16H28N6O5. The van der Waals surface area contributed by atoms with E-state index in [0.717, 1.165) is 0 Å². The van der Waals surface area contributed by atoms with Crippen molar-refractivity contribution in [2.75, 3.05) is 6.54 Å². The molecule has 27 heavy (non-hydrogen) atoms. The Morgan fingerprint density at radius 3 is 2.48 bits per heavy atom. The van der Waals surface area contributed by atoms with Crippen LogP contribution in [0.4, 0.5) is 0 Å². The molecule has 0 saturated heterocycles. The number of unbranched alkanes of at least 4 members (excludes halogenated alkanes) is 1. The maximum Gasteiger partial charge on any atom is 0.328 e. The quantitative estimate of drug-likeness (QED) is 0.198. The summed E-state index contributed by atoms with van der Waals surface area (Å²) in [6, 6.07) is -3.38. The molecule has 1 rings (SSSR count). The van der Waals surface area contributed by atoms with E-state index in [4.69, 9.17) is 16.6 Å². The molecule has 1 aromatic rings. The summed E-state index contributed by atoms with van der Waals surface area (Å²) in [5, 5.41) is 23.4. The monoisotopic (exact) mass is 384 g/mol. The number of amides is 2. The Labute approximate surface area is 156 Å². The number of rotatable bonds is 12.